The van der Waals surface area contributed by atoms with Crippen LogP contribution in [0.5, 0.6) is 5.75 Å². The lowest BCUT2D eigenvalue weighted by Gasteiger charge is -2.15. The van der Waals surface area contributed by atoms with Gasteiger partial charge in [0.15, 0.2) is 0 Å². The number of rotatable bonds is 4. The van der Waals surface area contributed by atoms with Gasteiger partial charge in [0.1, 0.15) is 12.4 Å². The molecule has 20 heavy (non-hydrogen) atoms. The average Bonchev–Trinajstić information content (AvgIpc) is 2.37. The molecule has 2 N–H and O–H groups in total. The summed E-state index contributed by atoms with van der Waals surface area (Å²) in [6.45, 7) is 4.35. The average molecular weight is 310 g/mol. The molecule has 106 valence electrons. The first-order valence-corrected chi connectivity index (χ1v) is 7.16. The summed E-state index contributed by atoms with van der Waals surface area (Å²) in [5.41, 5.74) is 8.97. The molecule has 0 aliphatic carbocycles. The third kappa shape index (κ3) is 3.66. The van der Waals surface area contributed by atoms with Crippen molar-refractivity contribution in [3.63, 3.8) is 0 Å². The fourth-order valence-electron chi connectivity index (χ4n) is 1.94. The number of hydrogen-bond donors (Lipinski definition) is 1. The van der Waals surface area contributed by atoms with E-state index in [0.29, 0.717) is 16.7 Å². The van der Waals surface area contributed by atoms with Crippen LogP contribution in [0.4, 0.5) is 0 Å². The zero-order valence-electron chi connectivity index (χ0n) is 11.5. The number of aryl methyl sites for hydroxylation is 1. The second-order valence-electron chi connectivity index (χ2n) is 4.85. The monoisotopic (exact) mass is 309 g/mol. The minimum Gasteiger partial charge on any atom is -0.488 e. The number of ether oxygens (including phenoxy) is 1. The topological polar surface area (TPSA) is 35.2 Å². The van der Waals surface area contributed by atoms with Crippen LogP contribution in [0.25, 0.3) is 0 Å². The van der Waals surface area contributed by atoms with E-state index in [1.807, 2.05) is 38.1 Å². The highest BCUT2D eigenvalue weighted by Gasteiger charge is 2.09. The minimum absolute atomic E-state index is 0.0775. The maximum absolute atomic E-state index is 6.14. The highest BCUT2D eigenvalue weighted by molar-refractivity contribution is 6.35. The molecule has 0 unspecified atom stereocenters. The highest BCUT2D eigenvalue weighted by Crippen LogP contribution is 2.27. The zero-order valence-corrected chi connectivity index (χ0v) is 13.0. The maximum atomic E-state index is 6.14. The molecule has 0 amide bonds. The first-order valence-electron chi connectivity index (χ1n) is 6.40. The fraction of sp³-hybridized carbons (Fsp3) is 0.250. The van der Waals surface area contributed by atoms with Gasteiger partial charge in [-0.25, -0.2) is 0 Å². The lowest BCUT2D eigenvalue weighted by Crippen LogP contribution is -2.08. The van der Waals surface area contributed by atoms with Crippen molar-refractivity contribution in [1.29, 1.82) is 0 Å². The number of hydrogen-bond acceptors (Lipinski definition) is 2. The molecule has 2 rings (SSSR count). The van der Waals surface area contributed by atoms with Crippen LogP contribution in [0, 0.1) is 6.92 Å². The third-order valence-corrected chi connectivity index (χ3v) is 3.64. The molecule has 0 heterocycles. The summed E-state index contributed by atoms with van der Waals surface area (Å²) < 4.78 is 5.88. The second-order valence-corrected chi connectivity index (χ2v) is 5.70. The van der Waals surface area contributed by atoms with Crippen molar-refractivity contribution in [1.82, 2.24) is 0 Å². The van der Waals surface area contributed by atoms with E-state index in [-0.39, 0.29) is 6.04 Å². The third-order valence-electron chi connectivity index (χ3n) is 3.06. The number of halogens is 2. The molecule has 0 aliphatic rings. The number of benzene rings is 2. The van der Waals surface area contributed by atoms with Crippen LogP contribution >= 0.6 is 23.2 Å². The van der Waals surface area contributed by atoms with Crippen LogP contribution in [0.2, 0.25) is 10.0 Å². The van der Waals surface area contributed by atoms with Crippen LogP contribution in [0.3, 0.4) is 0 Å². The highest BCUT2D eigenvalue weighted by atomic mass is 35.5. The number of nitrogens with two attached hydrogens (primary N) is 1. The van der Waals surface area contributed by atoms with Gasteiger partial charge in [0.05, 0.1) is 0 Å². The summed E-state index contributed by atoms with van der Waals surface area (Å²) in [6, 6.07) is 11.3. The predicted octanol–water partition coefficient (Wildman–Crippen LogP) is 4.90. The molecule has 0 bridgehead atoms. The van der Waals surface area contributed by atoms with Crippen LogP contribution in [-0.2, 0) is 6.61 Å². The summed E-state index contributed by atoms with van der Waals surface area (Å²) in [4.78, 5) is 0. The summed E-state index contributed by atoms with van der Waals surface area (Å²) in [5, 5.41) is 1.22. The van der Waals surface area contributed by atoms with E-state index in [9.17, 15) is 0 Å². The quantitative estimate of drug-likeness (QED) is 0.871. The van der Waals surface area contributed by atoms with Crippen molar-refractivity contribution in [3.05, 3.63) is 63.1 Å². The standard InChI is InChI=1S/C16H17Cl2NO/c1-10-3-6-14(11(2)19)16(7-10)20-9-12-4-5-13(17)8-15(12)18/h3-8,11H,9,19H2,1-2H3/t11-/m1/s1. The summed E-state index contributed by atoms with van der Waals surface area (Å²) in [7, 11) is 0. The molecule has 2 nitrogen and oxygen atoms in total. The van der Waals surface area contributed by atoms with Crippen LogP contribution < -0.4 is 10.5 Å². The van der Waals surface area contributed by atoms with Gasteiger partial charge in [-0.1, -0.05) is 41.4 Å². The molecular weight excluding hydrogens is 293 g/mol. The Labute approximate surface area is 129 Å². The molecule has 0 aromatic heterocycles. The maximum Gasteiger partial charge on any atom is 0.124 e. The van der Waals surface area contributed by atoms with Gasteiger partial charge in [0.25, 0.3) is 0 Å². The largest absolute Gasteiger partial charge is 0.488 e. The molecule has 2 aromatic rings. The van der Waals surface area contributed by atoms with Gasteiger partial charge in [-0.2, -0.15) is 0 Å². The zero-order chi connectivity index (χ0) is 14.7. The molecule has 0 fully saturated rings. The van der Waals surface area contributed by atoms with E-state index in [1.54, 1.807) is 12.1 Å². The van der Waals surface area contributed by atoms with Crippen LogP contribution in [-0.4, -0.2) is 0 Å². The van der Waals surface area contributed by atoms with E-state index >= 15 is 0 Å². The molecule has 0 radical (unpaired) electrons. The first-order chi connectivity index (χ1) is 9.47. The molecule has 0 aliphatic heterocycles. The Morgan fingerprint density at radius 1 is 1.15 bits per heavy atom. The first kappa shape index (κ1) is 15.2. The van der Waals surface area contributed by atoms with E-state index in [2.05, 4.69) is 0 Å². The molecular formula is C16H17Cl2NO. The molecule has 2 aromatic carbocycles. The molecule has 0 saturated carbocycles. The van der Waals surface area contributed by atoms with Gasteiger partial charge < -0.3 is 10.5 Å². The van der Waals surface area contributed by atoms with E-state index in [1.165, 1.54) is 0 Å². The smallest absolute Gasteiger partial charge is 0.124 e. The van der Waals surface area contributed by atoms with Gasteiger partial charge in [-0.15, -0.1) is 0 Å². The van der Waals surface area contributed by atoms with Crippen LogP contribution in [0.1, 0.15) is 29.7 Å². The molecule has 0 saturated heterocycles. The van der Waals surface area contributed by atoms with Gasteiger partial charge in [-0.05, 0) is 37.6 Å². The van der Waals surface area contributed by atoms with Crippen molar-refractivity contribution in [2.45, 2.75) is 26.5 Å². The Morgan fingerprint density at radius 2 is 1.90 bits per heavy atom. The minimum atomic E-state index is -0.0775. The predicted molar refractivity (Wildman–Crippen MR) is 84.6 cm³/mol. The van der Waals surface area contributed by atoms with Crippen molar-refractivity contribution in [2.24, 2.45) is 5.73 Å². The van der Waals surface area contributed by atoms with Crippen molar-refractivity contribution in [3.8, 4) is 5.75 Å². The molecule has 0 spiro atoms. The Morgan fingerprint density at radius 3 is 2.55 bits per heavy atom. The van der Waals surface area contributed by atoms with E-state index in [0.717, 1.165) is 22.4 Å². The molecule has 1 atom stereocenters. The Balaban J connectivity index is 2.20. The Hall–Kier alpha value is -1.22. The Kier molecular flexibility index (Phi) is 4.92. The molecule has 4 heteroatoms. The van der Waals surface area contributed by atoms with Crippen molar-refractivity contribution < 1.29 is 4.74 Å². The van der Waals surface area contributed by atoms with Gasteiger partial charge in [0.2, 0.25) is 0 Å². The van der Waals surface area contributed by atoms with Gasteiger partial charge in [0, 0.05) is 27.2 Å². The lowest BCUT2D eigenvalue weighted by molar-refractivity contribution is 0.301. The van der Waals surface area contributed by atoms with Crippen molar-refractivity contribution in [2.75, 3.05) is 0 Å². The van der Waals surface area contributed by atoms with Crippen molar-refractivity contribution >= 4 is 23.2 Å². The summed E-state index contributed by atoms with van der Waals surface area (Å²) in [6.07, 6.45) is 0. The van der Waals surface area contributed by atoms with E-state index in [4.69, 9.17) is 33.7 Å². The van der Waals surface area contributed by atoms with Gasteiger partial charge in [-0.3, -0.25) is 0 Å². The van der Waals surface area contributed by atoms with Crippen LogP contribution in [0.15, 0.2) is 36.4 Å². The second kappa shape index (κ2) is 6.49. The van der Waals surface area contributed by atoms with E-state index < -0.39 is 0 Å². The lowest BCUT2D eigenvalue weighted by atomic mass is 10.1. The summed E-state index contributed by atoms with van der Waals surface area (Å²) in [5.74, 6) is 0.797. The fourth-order valence-corrected chi connectivity index (χ4v) is 2.40. The van der Waals surface area contributed by atoms with Gasteiger partial charge >= 0.3 is 0 Å². The Bertz CT molecular complexity index is 611. The normalized spacial score (nSPS) is 12.2. The summed E-state index contributed by atoms with van der Waals surface area (Å²) >= 11 is 12.0. The SMILES string of the molecule is Cc1ccc([C@@H](C)N)c(OCc2ccc(Cl)cc2Cl)c1.